The first-order valence-electron chi connectivity index (χ1n) is 6.63. The standard InChI is InChI=1S/C12H20N4O2S/c1-3-10-11(19-15-14-10)12(17)13-9(2)8-16-4-6-18-7-5-16/h9H,3-8H2,1-2H3,(H,13,17)/t9-/m1/s1. The number of morpholine rings is 1. The number of amides is 1. The highest BCUT2D eigenvalue weighted by Gasteiger charge is 2.19. The molecule has 1 aromatic heterocycles. The molecule has 1 aliphatic heterocycles. The normalized spacial score (nSPS) is 18.2. The minimum Gasteiger partial charge on any atom is -0.379 e. The minimum atomic E-state index is -0.0624. The number of carbonyl (C=O) groups excluding carboxylic acids is 1. The Kier molecular flexibility index (Phi) is 5.24. The molecule has 6 nitrogen and oxygen atoms in total. The SMILES string of the molecule is CCc1nnsc1C(=O)N[C@H](C)CN1CCOCC1. The Hall–Kier alpha value is -1.05. The van der Waals surface area contributed by atoms with E-state index in [0.717, 1.165) is 56.5 Å². The minimum absolute atomic E-state index is 0.0624. The van der Waals surface area contributed by atoms with Crippen LogP contribution in [0.15, 0.2) is 0 Å². The number of aromatic nitrogens is 2. The van der Waals surface area contributed by atoms with Gasteiger partial charge in [-0.3, -0.25) is 9.69 Å². The van der Waals surface area contributed by atoms with Gasteiger partial charge in [0.2, 0.25) is 0 Å². The van der Waals surface area contributed by atoms with Crippen LogP contribution in [-0.2, 0) is 11.2 Å². The van der Waals surface area contributed by atoms with E-state index in [1.165, 1.54) is 0 Å². The lowest BCUT2D eigenvalue weighted by Crippen LogP contribution is -2.46. The van der Waals surface area contributed by atoms with Crippen LogP contribution in [0.25, 0.3) is 0 Å². The number of hydrogen-bond donors (Lipinski definition) is 1. The Morgan fingerprint density at radius 2 is 2.26 bits per heavy atom. The van der Waals surface area contributed by atoms with E-state index < -0.39 is 0 Å². The Bertz CT molecular complexity index is 418. The average Bonchev–Trinajstić information content (AvgIpc) is 2.88. The smallest absolute Gasteiger partial charge is 0.265 e. The van der Waals surface area contributed by atoms with Crippen molar-refractivity contribution in [2.24, 2.45) is 0 Å². The van der Waals surface area contributed by atoms with Crippen LogP contribution in [0.4, 0.5) is 0 Å². The highest BCUT2D eigenvalue weighted by Crippen LogP contribution is 2.11. The van der Waals surface area contributed by atoms with Gasteiger partial charge in [0.25, 0.3) is 5.91 Å². The van der Waals surface area contributed by atoms with Gasteiger partial charge in [-0.15, -0.1) is 5.10 Å². The van der Waals surface area contributed by atoms with E-state index in [1.807, 2.05) is 13.8 Å². The number of hydrogen-bond acceptors (Lipinski definition) is 6. The Balaban J connectivity index is 1.84. The molecule has 1 fully saturated rings. The zero-order chi connectivity index (χ0) is 13.7. The lowest BCUT2D eigenvalue weighted by atomic mass is 10.2. The van der Waals surface area contributed by atoms with E-state index >= 15 is 0 Å². The second kappa shape index (κ2) is 6.93. The van der Waals surface area contributed by atoms with Gasteiger partial charge in [-0.05, 0) is 24.9 Å². The molecule has 1 atom stereocenters. The summed E-state index contributed by atoms with van der Waals surface area (Å²) in [6.45, 7) is 8.27. The monoisotopic (exact) mass is 284 g/mol. The van der Waals surface area contributed by atoms with Crippen molar-refractivity contribution in [1.82, 2.24) is 19.8 Å². The van der Waals surface area contributed by atoms with Crippen LogP contribution in [0.3, 0.4) is 0 Å². The molecule has 1 aromatic rings. The molecule has 0 aliphatic carbocycles. The average molecular weight is 284 g/mol. The van der Waals surface area contributed by atoms with Crippen LogP contribution >= 0.6 is 11.5 Å². The molecule has 0 unspecified atom stereocenters. The van der Waals surface area contributed by atoms with E-state index in [1.54, 1.807) is 0 Å². The summed E-state index contributed by atoms with van der Waals surface area (Å²) in [6.07, 6.45) is 0.733. The molecule has 0 aromatic carbocycles. The third-order valence-corrected chi connectivity index (χ3v) is 3.88. The third-order valence-electron chi connectivity index (χ3n) is 3.11. The van der Waals surface area contributed by atoms with Crippen molar-refractivity contribution in [3.63, 3.8) is 0 Å². The van der Waals surface area contributed by atoms with Crippen molar-refractivity contribution < 1.29 is 9.53 Å². The lowest BCUT2D eigenvalue weighted by molar-refractivity contribution is 0.0342. The summed E-state index contributed by atoms with van der Waals surface area (Å²) in [5.74, 6) is -0.0624. The van der Waals surface area contributed by atoms with Crippen LogP contribution < -0.4 is 5.32 Å². The van der Waals surface area contributed by atoms with Gasteiger partial charge in [0.1, 0.15) is 4.88 Å². The van der Waals surface area contributed by atoms with E-state index in [9.17, 15) is 4.79 Å². The molecule has 1 amide bonds. The van der Waals surface area contributed by atoms with Crippen molar-refractivity contribution in [3.05, 3.63) is 10.6 Å². The first kappa shape index (κ1) is 14.4. The molecule has 0 spiro atoms. The Morgan fingerprint density at radius 3 is 2.95 bits per heavy atom. The topological polar surface area (TPSA) is 67.4 Å². The molecule has 19 heavy (non-hydrogen) atoms. The van der Waals surface area contributed by atoms with Gasteiger partial charge in [-0.1, -0.05) is 11.4 Å². The first-order chi connectivity index (χ1) is 9.20. The molecule has 0 bridgehead atoms. The number of ether oxygens (including phenoxy) is 1. The molecule has 1 N–H and O–H groups in total. The fraction of sp³-hybridized carbons (Fsp3) is 0.750. The summed E-state index contributed by atoms with van der Waals surface area (Å²) in [7, 11) is 0. The van der Waals surface area contributed by atoms with Gasteiger partial charge < -0.3 is 10.1 Å². The Labute approximate surface area is 117 Å². The maximum Gasteiger partial charge on any atom is 0.265 e. The largest absolute Gasteiger partial charge is 0.379 e. The Morgan fingerprint density at radius 1 is 1.53 bits per heavy atom. The van der Waals surface area contributed by atoms with Gasteiger partial charge in [0, 0.05) is 25.7 Å². The van der Waals surface area contributed by atoms with Crippen molar-refractivity contribution >= 4 is 17.4 Å². The van der Waals surface area contributed by atoms with Gasteiger partial charge in [0.05, 0.1) is 18.9 Å². The first-order valence-corrected chi connectivity index (χ1v) is 7.40. The fourth-order valence-corrected chi connectivity index (χ4v) is 2.77. The van der Waals surface area contributed by atoms with Crippen LogP contribution in [-0.4, -0.2) is 59.3 Å². The summed E-state index contributed by atoms with van der Waals surface area (Å²) >= 11 is 1.16. The van der Waals surface area contributed by atoms with Crippen LogP contribution in [0.2, 0.25) is 0 Å². The second-order valence-corrected chi connectivity index (χ2v) is 5.44. The lowest BCUT2D eigenvalue weighted by Gasteiger charge is -2.29. The van der Waals surface area contributed by atoms with E-state index in [4.69, 9.17) is 4.74 Å². The molecule has 7 heteroatoms. The number of rotatable bonds is 5. The molecular weight excluding hydrogens is 264 g/mol. The summed E-state index contributed by atoms with van der Waals surface area (Å²) in [5.41, 5.74) is 0.779. The third kappa shape index (κ3) is 3.95. The molecule has 0 radical (unpaired) electrons. The van der Waals surface area contributed by atoms with Crippen molar-refractivity contribution in [2.75, 3.05) is 32.8 Å². The molecule has 1 aliphatic rings. The van der Waals surface area contributed by atoms with E-state index in [2.05, 4.69) is 19.8 Å². The highest BCUT2D eigenvalue weighted by atomic mass is 32.1. The van der Waals surface area contributed by atoms with Gasteiger partial charge in [0.15, 0.2) is 0 Å². The van der Waals surface area contributed by atoms with Gasteiger partial charge in [-0.2, -0.15) is 0 Å². The predicted octanol–water partition coefficient (Wildman–Crippen LogP) is 0.551. The fourth-order valence-electron chi connectivity index (χ4n) is 2.12. The maximum absolute atomic E-state index is 12.1. The zero-order valence-electron chi connectivity index (χ0n) is 11.4. The molecule has 2 heterocycles. The zero-order valence-corrected chi connectivity index (χ0v) is 12.2. The van der Waals surface area contributed by atoms with Crippen molar-refractivity contribution in [1.29, 1.82) is 0 Å². The summed E-state index contributed by atoms with van der Waals surface area (Å²) in [4.78, 5) is 15.1. The number of nitrogens with zero attached hydrogens (tertiary/aromatic N) is 3. The van der Waals surface area contributed by atoms with E-state index in [-0.39, 0.29) is 11.9 Å². The number of nitrogens with one attached hydrogen (secondary N) is 1. The highest BCUT2D eigenvalue weighted by molar-refractivity contribution is 7.08. The maximum atomic E-state index is 12.1. The molecule has 2 rings (SSSR count). The van der Waals surface area contributed by atoms with Gasteiger partial charge in [-0.25, -0.2) is 0 Å². The molecule has 106 valence electrons. The second-order valence-electron chi connectivity index (χ2n) is 4.69. The van der Waals surface area contributed by atoms with Crippen molar-refractivity contribution in [3.8, 4) is 0 Å². The number of aryl methyl sites for hydroxylation is 1. The number of carbonyl (C=O) groups is 1. The molecule has 1 saturated heterocycles. The quantitative estimate of drug-likeness (QED) is 0.855. The van der Waals surface area contributed by atoms with E-state index in [0.29, 0.717) is 4.88 Å². The molecular formula is C12H20N4O2S. The van der Waals surface area contributed by atoms with Gasteiger partial charge >= 0.3 is 0 Å². The van der Waals surface area contributed by atoms with Crippen LogP contribution in [0.1, 0.15) is 29.2 Å². The summed E-state index contributed by atoms with van der Waals surface area (Å²) < 4.78 is 9.15. The van der Waals surface area contributed by atoms with Crippen LogP contribution in [0.5, 0.6) is 0 Å². The molecule has 0 saturated carbocycles. The summed E-state index contributed by atoms with van der Waals surface area (Å²) in [5, 5.41) is 6.97. The van der Waals surface area contributed by atoms with Crippen molar-refractivity contribution in [2.45, 2.75) is 26.3 Å². The van der Waals surface area contributed by atoms with Crippen LogP contribution in [0, 0.1) is 0 Å². The predicted molar refractivity (Wildman–Crippen MR) is 73.5 cm³/mol. The summed E-state index contributed by atoms with van der Waals surface area (Å²) in [6, 6.07) is 0.109.